The lowest BCUT2D eigenvalue weighted by molar-refractivity contribution is 0.414. The van der Waals surface area contributed by atoms with Gasteiger partial charge in [-0.05, 0) is 35.1 Å². The van der Waals surface area contributed by atoms with Crippen LogP contribution in [0.5, 0.6) is 5.75 Å². The fraction of sp³-hybridized carbons (Fsp3) is 0.167. The highest BCUT2D eigenvalue weighted by Gasteiger charge is 2.11. The van der Waals surface area contributed by atoms with Gasteiger partial charge in [0, 0.05) is 23.8 Å². The third-order valence-electron chi connectivity index (χ3n) is 3.69. The van der Waals surface area contributed by atoms with Crippen molar-refractivity contribution in [2.75, 3.05) is 7.11 Å². The van der Waals surface area contributed by atoms with Gasteiger partial charge in [-0.15, -0.1) is 0 Å². The van der Waals surface area contributed by atoms with Crippen LogP contribution in [-0.4, -0.2) is 12.1 Å². The third kappa shape index (κ3) is 2.88. The molecule has 1 aromatic heterocycles. The van der Waals surface area contributed by atoms with Crippen LogP contribution in [0.15, 0.2) is 60.9 Å². The van der Waals surface area contributed by atoms with Crippen LogP contribution in [0.3, 0.4) is 0 Å². The lowest BCUT2D eigenvalue weighted by Crippen LogP contribution is -2.14. The topological polar surface area (TPSA) is 48.1 Å². The number of fused-ring (bicyclic) bond motifs is 1. The summed E-state index contributed by atoms with van der Waals surface area (Å²) < 4.78 is 5.26. The third-order valence-corrected chi connectivity index (χ3v) is 3.69. The summed E-state index contributed by atoms with van der Waals surface area (Å²) in [6.07, 6.45) is 4.50. The first-order valence-electron chi connectivity index (χ1n) is 6.99. The van der Waals surface area contributed by atoms with Gasteiger partial charge in [-0.1, -0.05) is 36.4 Å². The molecule has 106 valence electrons. The van der Waals surface area contributed by atoms with Crippen molar-refractivity contribution in [3.63, 3.8) is 0 Å². The molecule has 3 rings (SSSR count). The fourth-order valence-corrected chi connectivity index (χ4v) is 2.60. The number of hydrogen-bond acceptors (Lipinski definition) is 3. The first kappa shape index (κ1) is 13.6. The molecular formula is C18H18N2O. The molecule has 3 nitrogen and oxygen atoms in total. The molecule has 0 fully saturated rings. The largest absolute Gasteiger partial charge is 0.497 e. The highest BCUT2D eigenvalue weighted by atomic mass is 16.5. The zero-order valence-electron chi connectivity index (χ0n) is 12.0. The Morgan fingerprint density at radius 1 is 1.10 bits per heavy atom. The van der Waals surface area contributed by atoms with Gasteiger partial charge in [0.1, 0.15) is 5.75 Å². The summed E-state index contributed by atoms with van der Waals surface area (Å²) in [6.45, 7) is 0. The van der Waals surface area contributed by atoms with Crippen molar-refractivity contribution in [2.24, 2.45) is 5.73 Å². The lowest BCUT2D eigenvalue weighted by Gasteiger charge is -2.15. The maximum atomic E-state index is 6.40. The summed E-state index contributed by atoms with van der Waals surface area (Å²) >= 11 is 0. The smallest absolute Gasteiger partial charge is 0.119 e. The normalized spacial score (nSPS) is 12.3. The van der Waals surface area contributed by atoms with E-state index in [1.165, 1.54) is 5.39 Å². The predicted molar refractivity (Wildman–Crippen MR) is 85.4 cm³/mol. The molecule has 1 unspecified atom stereocenters. The average Bonchev–Trinajstić information content (AvgIpc) is 2.54. The van der Waals surface area contributed by atoms with Crippen molar-refractivity contribution >= 4 is 10.8 Å². The molecule has 0 aliphatic heterocycles. The first-order chi connectivity index (χ1) is 10.3. The van der Waals surface area contributed by atoms with Crippen molar-refractivity contribution in [2.45, 2.75) is 12.5 Å². The number of aromatic nitrogens is 1. The molecule has 0 amide bonds. The average molecular weight is 278 g/mol. The molecule has 2 N–H and O–H groups in total. The van der Waals surface area contributed by atoms with Crippen molar-refractivity contribution in [1.82, 2.24) is 4.98 Å². The summed E-state index contributed by atoms with van der Waals surface area (Å²) in [5.74, 6) is 0.857. The second-order valence-electron chi connectivity index (χ2n) is 5.11. The van der Waals surface area contributed by atoms with Crippen LogP contribution in [0.1, 0.15) is 17.2 Å². The van der Waals surface area contributed by atoms with Gasteiger partial charge >= 0.3 is 0 Å². The quantitative estimate of drug-likeness (QED) is 0.794. The van der Waals surface area contributed by atoms with E-state index in [0.717, 1.165) is 28.7 Å². The summed E-state index contributed by atoms with van der Waals surface area (Å²) in [4.78, 5) is 4.30. The minimum absolute atomic E-state index is 0.0873. The van der Waals surface area contributed by atoms with Crippen molar-refractivity contribution < 1.29 is 4.74 Å². The standard InChI is InChI=1S/C18H18N2O/c1-21-15-7-4-5-13(9-15)10-18(19)17-12-20-11-14-6-2-3-8-16(14)17/h2-9,11-12,18H,10,19H2,1H3. The first-order valence-corrected chi connectivity index (χ1v) is 6.99. The number of nitrogens with zero attached hydrogens (tertiary/aromatic N) is 1. The van der Waals surface area contributed by atoms with E-state index >= 15 is 0 Å². The molecule has 0 aliphatic carbocycles. The summed E-state index contributed by atoms with van der Waals surface area (Å²) in [5.41, 5.74) is 8.65. The number of methoxy groups -OCH3 is 1. The van der Waals surface area contributed by atoms with Crippen LogP contribution in [0.4, 0.5) is 0 Å². The van der Waals surface area contributed by atoms with Gasteiger partial charge in [0.05, 0.1) is 7.11 Å². The van der Waals surface area contributed by atoms with Gasteiger partial charge < -0.3 is 10.5 Å². The minimum Gasteiger partial charge on any atom is -0.497 e. The van der Waals surface area contributed by atoms with Gasteiger partial charge in [-0.25, -0.2) is 0 Å². The van der Waals surface area contributed by atoms with Crippen LogP contribution in [0, 0.1) is 0 Å². The number of ether oxygens (including phenoxy) is 1. The molecule has 21 heavy (non-hydrogen) atoms. The molecular weight excluding hydrogens is 260 g/mol. The van der Waals surface area contributed by atoms with E-state index in [9.17, 15) is 0 Å². The predicted octanol–water partition coefficient (Wildman–Crippen LogP) is 3.49. The van der Waals surface area contributed by atoms with Crippen molar-refractivity contribution in [3.05, 3.63) is 72.1 Å². The highest BCUT2D eigenvalue weighted by Crippen LogP contribution is 2.25. The van der Waals surface area contributed by atoms with Gasteiger partial charge in [-0.3, -0.25) is 4.98 Å². The van der Waals surface area contributed by atoms with Gasteiger partial charge in [0.15, 0.2) is 0 Å². The maximum absolute atomic E-state index is 6.40. The van der Waals surface area contributed by atoms with Gasteiger partial charge in [0.25, 0.3) is 0 Å². The van der Waals surface area contributed by atoms with Crippen LogP contribution >= 0.6 is 0 Å². The van der Waals surface area contributed by atoms with E-state index in [4.69, 9.17) is 10.5 Å². The Morgan fingerprint density at radius 2 is 1.95 bits per heavy atom. The van der Waals surface area contributed by atoms with Crippen LogP contribution in [0.2, 0.25) is 0 Å². The van der Waals surface area contributed by atoms with E-state index in [-0.39, 0.29) is 6.04 Å². The zero-order valence-corrected chi connectivity index (χ0v) is 12.0. The van der Waals surface area contributed by atoms with E-state index in [0.29, 0.717) is 0 Å². The summed E-state index contributed by atoms with van der Waals surface area (Å²) in [7, 11) is 1.67. The van der Waals surface area contributed by atoms with Crippen LogP contribution in [-0.2, 0) is 6.42 Å². The molecule has 0 saturated heterocycles. The van der Waals surface area contributed by atoms with E-state index < -0.39 is 0 Å². The van der Waals surface area contributed by atoms with Crippen LogP contribution in [0.25, 0.3) is 10.8 Å². The summed E-state index contributed by atoms with van der Waals surface area (Å²) in [6, 6.07) is 16.1. The number of rotatable bonds is 4. The Balaban J connectivity index is 1.91. The molecule has 0 bridgehead atoms. The Morgan fingerprint density at radius 3 is 2.81 bits per heavy atom. The lowest BCUT2D eigenvalue weighted by atomic mass is 9.97. The number of pyridine rings is 1. The second-order valence-corrected chi connectivity index (χ2v) is 5.11. The van der Waals surface area contributed by atoms with E-state index in [1.54, 1.807) is 7.11 Å². The SMILES string of the molecule is COc1cccc(CC(N)c2cncc3ccccc23)c1. The zero-order chi connectivity index (χ0) is 14.7. The van der Waals surface area contributed by atoms with E-state index in [2.05, 4.69) is 23.2 Å². The van der Waals surface area contributed by atoms with Gasteiger partial charge in [0.2, 0.25) is 0 Å². The highest BCUT2D eigenvalue weighted by molar-refractivity contribution is 5.85. The molecule has 0 spiro atoms. The van der Waals surface area contributed by atoms with Crippen molar-refractivity contribution in [3.8, 4) is 5.75 Å². The minimum atomic E-state index is -0.0873. The van der Waals surface area contributed by atoms with Crippen LogP contribution < -0.4 is 10.5 Å². The van der Waals surface area contributed by atoms with Gasteiger partial charge in [-0.2, -0.15) is 0 Å². The molecule has 3 heteroatoms. The Hall–Kier alpha value is -2.39. The maximum Gasteiger partial charge on any atom is 0.119 e. The number of nitrogens with two attached hydrogens (primary N) is 1. The Labute approximate surface area is 124 Å². The molecule has 0 saturated carbocycles. The van der Waals surface area contributed by atoms with E-state index in [1.807, 2.05) is 42.7 Å². The monoisotopic (exact) mass is 278 g/mol. The fourth-order valence-electron chi connectivity index (χ4n) is 2.60. The second kappa shape index (κ2) is 5.94. The molecule has 0 radical (unpaired) electrons. The number of benzene rings is 2. The molecule has 1 heterocycles. The summed E-state index contributed by atoms with van der Waals surface area (Å²) in [5, 5.41) is 2.29. The molecule has 2 aromatic carbocycles. The number of hydrogen-bond donors (Lipinski definition) is 1. The Bertz CT molecular complexity index is 750. The molecule has 0 aliphatic rings. The molecule has 3 aromatic rings. The Kier molecular flexibility index (Phi) is 3.84. The van der Waals surface area contributed by atoms with Crippen molar-refractivity contribution in [1.29, 1.82) is 0 Å². The molecule has 1 atom stereocenters.